The molecule has 1 aliphatic heterocycles. The third-order valence-electron chi connectivity index (χ3n) is 4.52. The fourth-order valence-electron chi connectivity index (χ4n) is 3.03. The number of sulfonamides is 1. The van der Waals surface area contributed by atoms with Crippen LogP contribution in [0.3, 0.4) is 0 Å². The summed E-state index contributed by atoms with van der Waals surface area (Å²) in [6.45, 7) is 2.97. The summed E-state index contributed by atoms with van der Waals surface area (Å²) in [6.07, 6.45) is 1.19. The summed E-state index contributed by atoms with van der Waals surface area (Å²) in [5.41, 5.74) is 1.57. The molecular weight excluding hydrogens is 372 g/mol. The third-order valence-corrected chi connectivity index (χ3v) is 7.44. The number of methoxy groups -OCH3 is 1. The number of thiophene rings is 1. The smallest absolute Gasteiger partial charge is 0.253 e. The highest BCUT2D eigenvalue weighted by Gasteiger charge is 2.27. The summed E-state index contributed by atoms with van der Waals surface area (Å²) >= 11 is 1.20. The monoisotopic (exact) mass is 394 g/mol. The third kappa shape index (κ3) is 4.08. The number of hydrogen-bond acceptors (Lipinski definition) is 5. The number of ether oxygens (including phenoxy) is 1. The molecule has 26 heavy (non-hydrogen) atoms. The van der Waals surface area contributed by atoms with Crippen molar-refractivity contribution in [2.75, 3.05) is 20.2 Å². The van der Waals surface area contributed by atoms with E-state index < -0.39 is 10.0 Å². The normalized spacial score (nSPS) is 15.8. The lowest BCUT2D eigenvalue weighted by molar-refractivity contribution is 0.0711. The number of amides is 1. The van der Waals surface area contributed by atoms with Gasteiger partial charge in [-0.25, -0.2) is 13.1 Å². The van der Waals surface area contributed by atoms with E-state index in [9.17, 15) is 13.2 Å². The zero-order valence-electron chi connectivity index (χ0n) is 14.8. The molecule has 0 saturated carbocycles. The molecule has 0 bridgehead atoms. The van der Waals surface area contributed by atoms with Gasteiger partial charge in [0.05, 0.1) is 7.11 Å². The van der Waals surface area contributed by atoms with Gasteiger partial charge in [-0.2, -0.15) is 0 Å². The molecule has 0 aliphatic carbocycles. The van der Waals surface area contributed by atoms with Crippen molar-refractivity contribution >= 4 is 27.3 Å². The molecule has 1 aliphatic rings. The van der Waals surface area contributed by atoms with Crippen LogP contribution >= 0.6 is 11.3 Å². The van der Waals surface area contributed by atoms with Gasteiger partial charge in [-0.1, -0.05) is 12.1 Å². The second kappa shape index (κ2) is 7.77. The number of nitrogens with one attached hydrogen (secondary N) is 1. The van der Waals surface area contributed by atoms with Crippen LogP contribution in [-0.2, 0) is 10.0 Å². The molecule has 6 nitrogen and oxygen atoms in total. The van der Waals surface area contributed by atoms with E-state index in [1.54, 1.807) is 41.7 Å². The summed E-state index contributed by atoms with van der Waals surface area (Å²) in [5, 5.41) is 1.74. The molecule has 1 aromatic carbocycles. The van der Waals surface area contributed by atoms with Crippen molar-refractivity contribution in [2.24, 2.45) is 0 Å². The predicted molar refractivity (Wildman–Crippen MR) is 101 cm³/mol. The zero-order chi connectivity index (χ0) is 18.7. The second-order valence-electron chi connectivity index (χ2n) is 6.30. The number of carbonyl (C=O) groups is 1. The average molecular weight is 395 g/mol. The van der Waals surface area contributed by atoms with Gasteiger partial charge in [0.2, 0.25) is 10.0 Å². The fraction of sp³-hybridized carbons (Fsp3) is 0.389. The highest BCUT2D eigenvalue weighted by Crippen LogP contribution is 2.22. The number of carbonyl (C=O) groups excluding carboxylic acids is 1. The Morgan fingerprint density at radius 3 is 2.62 bits per heavy atom. The number of rotatable bonds is 5. The zero-order valence-corrected chi connectivity index (χ0v) is 16.4. The maximum absolute atomic E-state index is 12.7. The van der Waals surface area contributed by atoms with E-state index in [4.69, 9.17) is 4.74 Å². The van der Waals surface area contributed by atoms with Crippen LogP contribution in [0.25, 0.3) is 0 Å². The van der Waals surface area contributed by atoms with Crippen LogP contribution in [0, 0.1) is 6.92 Å². The lowest BCUT2D eigenvalue weighted by Gasteiger charge is -2.32. The SMILES string of the molecule is COc1cc(C(=O)N2CCC(NS(=O)(=O)c3cccs3)CC2)ccc1C. The largest absolute Gasteiger partial charge is 0.496 e. The quantitative estimate of drug-likeness (QED) is 0.846. The predicted octanol–water partition coefficient (Wildman–Crippen LogP) is 2.65. The molecule has 3 rings (SSSR count). The van der Waals surface area contributed by atoms with Crippen LogP contribution < -0.4 is 9.46 Å². The Morgan fingerprint density at radius 2 is 2.00 bits per heavy atom. The van der Waals surface area contributed by atoms with E-state index in [0.29, 0.717) is 41.5 Å². The van der Waals surface area contributed by atoms with Gasteiger partial charge in [0.15, 0.2) is 0 Å². The molecule has 1 fully saturated rings. The molecule has 1 saturated heterocycles. The number of piperidine rings is 1. The number of nitrogens with zero attached hydrogens (tertiary/aromatic N) is 1. The van der Waals surface area contributed by atoms with Gasteiger partial charge < -0.3 is 9.64 Å². The topological polar surface area (TPSA) is 75.7 Å². The molecule has 2 aromatic rings. The van der Waals surface area contributed by atoms with E-state index in [1.807, 2.05) is 13.0 Å². The lowest BCUT2D eigenvalue weighted by Crippen LogP contribution is -2.46. The highest BCUT2D eigenvalue weighted by molar-refractivity contribution is 7.91. The minimum Gasteiger partial charge on any atom is -0.496 e. The van der Waals surface area contributed by atoms with Gasteiger partial charge in [0.25, 0.3) is 5.91 Å². The molecule has 0 atom stereocenters. The first-order chi connectivity index (χ1) is 12.4. The standard InChI is InChI=1S/C18H22N2O4S2/c1-13-5-6-14(12-16(13)24-2)18(21)20-9-7-15(8-10-20)19-26(22,23)17-4-3-11-25-17/h3-6,11-12,15,19H,7-10H2,1-2H3. The minimum absolute atomic E-state index is 0.0529. The summed E-state index contributed by atoms with van der Waals surface area (Å²) < 4.78 is 33.0. The van der Waals surface area contributed by atoms with E-state index in [2.05, 4.69) is 4.72 Å². The van der Waals surface area contributed by atoms with E-state index >= 15 is 0 Å². The van der Waals surface area contributed by atoms with Crippen LogP contribution in [0.5, 0.6) is 5.75 Å². The maximum atomic E-state index is 12.7. The molecule has 0 unspecified atom stereocenters. The first kappa shape index (κ1) is 18.9. The Labute approximate surface area is 157 Å². The molecular formula is C18H22N2O4S2. The Balaban J connectivity index is 1.61. The van der Waals surface area contributed by atoms with Gasteiger partial charge in [-0.3, -0.25) is 4.79 Å². The summed E-state index contributed by atoms with van der Waals surface area (Å²) in [7, 11) is -1.89. The molecule has 1 amide bonds. The molecule has 2 heterocycles. The van der Waals surface area contributed by atoms with Gasteiger partial charge in [0.1, 0.15) is 9.96 Å². The van der Waals surface area contributed by atoms with Crippen LogP contribution in [0.4, 0.5) is 0 Å². The Bertz CT molecular complexity index is 871. The molecule has 1 aromatic heterocycles. The molecule has 1 N–H and O–H groups in total. The van der Waals surface area contributed by atoms with Crippen molar-refractivity contribution in [3.8, 4) is 5.75 Å². The van der Waals surface area contributed by atoms with Crippen LogP contribution in [-0.4, -0.2) is 45.5 Å². The fourth-order valence-corrected chi connectivity index (χ4v) is 5.34. The molecule has 8 heteroatoms. The molecule has 0 radical (unpaired) electrons. The van der Waals surface area contributed by atoms with Gasteiger partial charge >= 0.3 is 0 Å². The highest BCUT2D eigenvalue weighted by atomic mass is 32.2. The Morgan fingerprint density at radius 1 is 1.27 bits per heavy atom. The van der Waals surface area contributed by atoms with Crippen molar-refractivity contribution in [3.63, 3.8) is 0 Å². The van der Waals surface area contributed by atoms with E-state index in [-0.39, 0.29) is 11.9 Å². The van der Waals surface area contributed by atoms with E-state index in [0.717, 1.165) is 5.56 Å². The van der Waals surface area contributed by atoms with Crippen LogP contribution in [0.15, 0.2) is 39.9 Å². The van der Waals surface area contributed by atoms with Crippen LogP contribution in [0.1, 0.15) is 28.8 Å². The van der Waals surface area contributed by atoms with Crippen molar-refractivity contribution < 1.29 is 17.9 Å². The maximum Gasteiger partial charge on any atom is 0.253 e. The Hall–Kier alpha value is -1.90. The van der Waals surface area contributed by atoms with Gasteiger partial charge in [-0.15, -0.1) is 11.3 Å². The molecule has 140 valence electrons. The summed E-state index contributed by atoms with van der Waals surface area (Å²) in [6, 6.07) is 8.58. The summed E-state index contributed by atoms with van der Waals surface area (Å²) in [5.74, 6) is 0.636. The number of benzene rings is 1. The summed E-state index contributed by atoms with van der Waals surface area (Å²) in [4.78, 5) is 14.5. The van der Waals surface area contributed by atoms with Crippen molar-refractivity contribution in [3.05, 3.63) is 46.8 Å². The first-order valence-corrected chi connectivity index (χ1v) is 10.8. The lowest BCUT2D eigenvalue weighted by atomic mass is 10.0. The first-order valence-electron chi connectivity index (χ1n) is 8.40. The van der Waals surface area contributed by atoms with Crippen molar-refractivity contribution in [1.29, 1.82) is 0 Å². The van der Waals surface area contributed by atoms with Crippen molar-refractivity contribution in [2.45, 2.75) is 30.0 Å². The van der Waals surface area contributed by atoms with E-state index in [1.165, 1.54) is 11.3 Å². The Kier molecular flexibility index (Phi) is 5.64. The number of likely N-dealkylation sites (tertiary alicyclic amines) is 1. The number of hydrogen-bond donors (Lipinski definition) is 1. The van der Waals surface area contributed by atoms with Gasteiger partial charge in [-0.05, 0) is 48.9 Å². The van der Waals surface area contributed by atoms with Gasteiger partial charge in [0, 0.05) is 24.7 Å². The average Bonchev–Trinajstić information content (AvgIpc) is 3.18. The van der Waals surface area contributed by atoms with Crippen molar-refractivity contribution in [1.82, 2.24) is 9.62 Å². The van der Waals surface area contributed by atoms with Crippen LogP contribution in [0.2, 0.25) is 0 Å². The second-order valence-corrected chi connectivity index (χ2v) is 9.19. The number of aryl methyl sites for hydroxylation is 1. The molecule has 0 spiro atoms. The minimum atomic E-state index is -3.47.